The number of benzene rings is 1. The van der Waals surface area contributed by atoms with Gasteiger partial charge in [0.1, 0.15) is 35.3 Å². The summed E-state index contributed by atoms with van der Waals surface area (Å²) in [4.78, 5) is 0. The van der Waals surface area contributed by atoms with Crippen molar-refractivity contribution >= 4 is 11.2 Å². The zero-order valence-electron chi connectivity index (χ0n) is 14.5. The molecule has 0 saturated carbocycles. The monoisotopic (exact) mass is 336 g/mol. The van der Waals surface area contributed by atoms with Crippen LogP contribution in [0.4, 0.5) is 5.69 Å². The van der Waals surface area contributed by atoms with E-state index in [0.717, 1.165) is 17.0 Å². The molecule has 2 aromatic heterocycles. The van der Waals surface area contributed by atoms with Crippen LogP contribution in [0.5, 0.6) is 11.5 Å². The minimum atomic E-state index is 0.276. The number of pyridine rings is 1. The fourth-order valence-corrected chi connectivity index (χ4v) is 2.57. The zero-order valence-corrected chi connectivity index (χ0v) is 14.5. The molecule has 0 radical (unpaired) electrons. The Morgan fingerprint density at radius 3 is 2.68 bits per heavy atom. The Balaban J connectivity index is 1.91. The Labute approximate surface area is 146 Å². The van der Waals surface area contributed by atoms with Gasteiger partial charge in [0, 0.05) is 12.1 Å². The number of hydrogen-bond acceptors (Lipinski definition) is 5. The summed E-state index contributed by atoms with van der Waals surface area (Å²) in [5.41, 5.74) is 3.06. The van der Waals surface area contributed by atoms with Crippen LogP contribution < -0.4 is 14.8 Å². The second-order valence-electron chi connectivity index (χ2n) is 5.99. The van der Waals surface area contributed by atoms with E-state index in [1.165, 1.54) is 0 Å². The van der Waals surface area contributed by atoms with E-state index in [-0.39, 0.29) is 6.04 Å². The van der Waals surface area contributed by atoms with E-state index < -0.39 is 0 Å². The molecule has 6 heteroatoms. The number of aromatic nitrogens is 2. The molecule has 3 rings (SSSR count). The predicted molar refractivity (Wildman–Crippen MR) is 96.0 cm³/mol. The van der Waals surface area contributed by atoms with Gasteiger partial charge < -0.3 is 14.8 Å². The van der Waals surface area contributed by atoms with Crippen molar-refractivity contribution in [2.24, 2.45) is 0 Å². The molecular weight excluding hydrogens is 316 g/mol. The summed E-state index contributed by atoms with van der Waals surface area (Å²) >= 11 is 0. The lowest BCUT2D eigenvalue weighted by Gasteiger charge is -2.14. The second-order valence-corrected chi connectivity index (χ2v) is 5.99. The smallest absolute Gasteiger partial charge is 0.149 e. The van der Waals surface area contributed by atoms with Crippen molar-refractivity contribution in [3.63, 3.8) is 0 Å². The van der Waals surface area contributed by atoms with Gasteiger partial charge in [-0.3, -0.25) is 0 Å². The number of fused-ring (bicyclic) bond motifs is 1. The van der Waals surface area contributed by atoms with Crippen molar-refractivity contribution in [1.29, 1.82) is 5.26 Å². The third-order valence-electron chi connectivity index (χ3n) is 3.71. The first-order chi connectivity index (χ1) is 12.1. The van der Waals surface area contributed by atoms with Crippen LogP contribution in [0.2, 0.25) is 0 Å². The van der Waals surface area contributed by atoms with Gasteiger partial charge in [0.25, 0.3) is 0 Å². The molecule has 0 saturated heterocycles. The molecule has 0 bridgehead atoms. The minimum Gasteiger partial charge on any atom is -0.497 e. The highest BCUT2D eigenvalue weighted by molar-refractivity contribution is 5.72. The normalized spacial score (nSPS) is 10.7. The zero-order chi connectivity index (χ0) is 17.8. The maximum absolute atomic E-state index is 9.32. The molecule has 0 fully saturated rings. The molecule has 3 aromatic rings. The lowest BCUT2D eigenvalue weighted by molar-refractivity contribution is 0.308. The maximum Gasteiger partial charge on any atom is 0.149 e. The standard InChI is InChI=1S/C19H20N4O2/c1-13(2)22-16-8-18(19-15(9-20)10-21-23(19)11-16)25-12-14-4-6-17(24-3)7-5-14/h4-8,10-11,13,22H,12H2,1-3H3. The maximum atomic E-state index is 9.32. The third kappa shape index (κ3) is 3.66. The summed E-state index contributed by atoms with van der Waals surface area (Å²) in [5.74, 6) is 1.42. The molecule has 0 aliphatic carbocycles. The van der Waals surface area contributed by atoms with Gasteiger partial charge in [0.15, 0.2) is 0 Å². The number of nitriles is 1. The lowest BCUT2D eigenvalue weighted by atomic mass is 10.2. The summed E-state index contributed by atoms with van der Waals surface area (Å²) in [5, 5.41) is 16.9. The lowest BCUT2D eigenvalue weighted by Crippen LogP contribution is -2.11. The van der Waals surface area contributed by atoms with Crippen molar-refractivity contribution in [2.45, 2.75) is 26.5 Å². The number of rotatable bonds is 6. The van der Waals surface area contributed by atoms with Crippen LogP contribution in [0.15, 0.2) is 42.7 Å². The number of nitrogens with zero attached hydrogens (tertiary/aromatic N) is 3. The van der Waals surface area contributed by atoms with E-state index in [9.17, 15) is 5.26 Å². The van der Waals surface area contributed by atoms with Gasteiger partial charge >= 0.3 is 0 Å². The third-order valence-corrected chi connectivity index (χ3v) is 3.71. The Hall–Kier alpha value is -3.20. The molecule has 0 atom stereocenters. The van der Waals surface area contributed by atoms with Gasteiger partial charge in [-0.15, -0.1) is 0 Å². The fourth-order valence-electron chi connectivity index (χ4n) is 2.57. The first-order valence-corrected chi connectivity index (χ1v) is 8.04. The van der Waals surface area contributed by atoms with Gasteiger partial charge in [0.2, 0.25) is 0 Å². The largest absolute Gasteiger partial charge is 0.497 e. The van der Waals surface area contributed by atoms with Gasteiger partial charge in [0.05, 0.1) is 25.2 Å². The van der Waals surface area contributed by atoms with Gasteiger partial charge in [-0.2, -0.15) is 10.4 Å². The van der Waals surface area contributed by atoms with Crippen LogP contribution in [0.3, 0.4) is 0 Å². The number of anilines is 1. The average Bonchev–Trinajstić information content (AvgIpc) is 3.02. The van der Waals surface area contributed by atoms with Crippen LogP contribution in [0, 0.1) is 11.3 Å². The van der Waals surface area contributed by atoms with Crippen LogP contribution in [0.1, 0.15) is 25.0 Å². The summed E-state index contributed by atoms with van der Waals surface area (Å²) in [7, 11) is 1.64. The number of methoxy groups -OCH3 is 1. The first-order valence-electron chi connectivity index (χ1n) is 8.04. The molecule has 25 heavy (non-hydrogen) atoms. The molecule has 0 spiro atoms. The first kappa shape index (κ1) is 16.7. The van der Waals surface area contributed by atoms with Gasteiger partial charge in [-0.25, -0.2) is 4.52 Å². The van der Waals surface area contributed by atoms with Crippen molar-refractivity contribution < 1.29 is 9.47 Å². The van der Waals surface area contributed by atoms with Crippen molar-refractivity contribution in [1.82, 2.24) is 9.61 Å². The fraction of sp³-hybridized carbons (Fsp3) is 0.263. The molecular formula is C19H20N4O2. The summed E-state index contributed by atoms with van der Waals surface area (Å²) in [6.07, 6.45) is 3.41. The molecule has 0 unspecified atom stereocenters. The minimum absolute atomic E-state index is 0.276. The predicted octanol–water partition coefficient (Wildman–Crippen LogP) is 3.61. The quantitative estimate of drug-likeness (QED) is 0.744. The molecule has 0 aliphatic rings. The topological polar surface area (TPSA) is 71.6 Å². The van der Waals surface area contributed by atoms with E-state index >= 15 is 0 Å². The van der Waals surface area contributed by atoms with Crippen LogP contribution in [-0.2, 0) is 6.61 Å². The molecule has 6 nitrogen and oxygen atoms in total. The van der Waals surface area contributed by atoms with Crippen molar-refractivity contribution in [2.75, 3.05) is 12.4 Å². The van der Waals surface area contributed by atoms with Crippen LogP contribution in [-0.4, -0.2) is 22.8 Å². The molecule has 128 valence electrons. The van der Waals surface area contributed by atoms with Crippen LogP contribution in [0.25, 0.3) is 5.52 Å². The number of hydrogen-bond donors (Lipinski definition) is 1. The molecule has 1 aromatic carbocycles. The SMILES string of the molecule is COc1ccc(COc2cc(NC(C)C)cn3ncc(C#N)c23)cc1. The average molecular weight is 336 g/mol. The van der Waals surface area contributed by atoms with Crippen molar-refractivity contribution in [3.05, 3.63) is 53.9 Å². The van der Waals surface area contributed by atoms with Crippen molar-refractivity contribution in [3.8, 4) is 17.6 Å². The summed E-state index contributed by atoms with van der Waals surface area (Å²) in [6, 6.07) is 12.0. The van der Waals surface area contributed by atoms with Gasteiger partial charge in [-0.05, 0) is 31.5 Å². The van der Waals surface area contributed by atoms with E-state index in [0.29, 0.717) is 23.4 Å². The molecule has 1 N–H and O–H groups in total. The highest BCUT2D eigenvalue weighted by atomic mass is 16.5. The van der Waals surface area contributed by atoms with Crippen LogP contribution >= 0.6 is 0 Å². The Kier molecular flexibility index (Phi) is 4.75. The number of nitrogens with one attached hydrogen (secondary N) is 1. The molecule has 0 aliphatic heterocycles. The summed E-state index contributed by atoms with van der Waals surface area (Å²) < 4.78 is 12.8. The highest BCUT2D eigenvalue weighted by Gasteiger charge is 2.13. The second kappa shape index (κ2) is 7.14. The van der Waals surface area contributed by atoms with E-state index in [1.807, 2.05) is 36.5 Å². The number of ether oxygens (including phenoxy) is 2. The highest BCUT2D eigenvalue weighted by Crippen LogP contribution is 2.28. The van der Waals surface area contributed by atoms with Gasteiger partial charge in [-0.1, -0.05) is 12.1 Å². The van der Waals surface area contributed by atoms with E-state index in [4.69, 9.17) is 9.47 Å². The Bertz CT molecular complexity index is 908. The molecule has 0 amide bonds. The Morgan fingerprint density at radius 1 is 1.28 bits per heavy atom. The van der Waals surface area contributed by atoms with E-state index in [2.05, 4.69) is 30.3 Å². The summed E-state index contributed by atoms with van der Waals surface area (Å²) in [6.45, 7) is 4.51. The Morgan fingerprint density at radius 2 is 2.04 bits per heavy atom. The molecule has 2 heterocycles. The van der Waals surface area contributed by atoms with E-state index in [1.54, 1.807) is 17.8 Å².